The van der Waals surface area contributed by atoms with Crippen LogP contribution in [0.3, 0.4) is 0 Å². The van der Waals surface area contributed by atoms with Crippen molar-refractivity contribution in [1.82, 2.24) is 0 Å². The molecule has 2 aliphatic carbocycles. The van der Waals surface area contributed by atoms with Gasteiger partial charge in [-0.1, -0.05) is 0 Å². The summed E-state index contributed by atoms with van der Waals surface area (Å²) in [5, 5.41) is 0. The lowest BCUT2D eigenvalue weighted by atomic mass is 9.83. The van der Waals surface area contributed by atoms with Crippen molar-refractivity contribution in [2.75, 3.05) is 0 Å². The van der Waals surface area contributed by atoms with E-state index in [0.717, 1.165) is 0 Å². The van der Waals surface area contributed by atoms with Gasteiger partial charge in [-0.25, -0.2) is 0 Å². The van der Waals surface area contributed by atoms with E-state index in [0.29, 0.717) is 25.7 Å². The molecule has 0 amide bonds. The molecule has 0 aromatic heterocycles. The standard InChI is InChI=1S/C10H11F3O4S/c11-10(12,13)18(15,16)17-8-4-2-6-9(8)5-1-3-7(9)14/h4H,1-3,5-6H2. The molecule has 1 unspecified atom stereocenters. The summed E-state index contributed by atoms with van der Waals surface area (Å²) in [4.78, 5) is 11.7. The average Bonchev–Trinajstić information content (AvgIpc) is 2.76. The Morgan fingerprint density at radius 3 is 2.44 bits per heavy atom. The number of ketones is 1. The summed E-state index contributed by atoms with van der Waals surface area (Å²) >= 11 is 0. The number of carbonyl (C=O) groups excluding carboxylic acids is 1. The van der Waals surface area contributed by atoms with E-state index in [1.807, 2.05) is 0 Å². The normalized spacial score (nSPS) is 28.8. The number of Topliss-reactive ketones (excluding diaryl/α,β-unsaturated/α-hetero) is 1. The van der Waals surface area contributed by atoms with Gasteiger partial charge in [0, 0.05) is 6.42 Å². The number of alkyl halides is 3. The van der Waals surface area contributed by atoms with Crippen LogP contribution in [0.4, 0.5) is 13.2 Å². The molecule has 2 aliphatic rings. The van der Waals surface area contributed by atoms with E-state index in [4.69, 9.17) is 0 Å². The van der Waals surface area contributed by atoms with Gasteiger partial charge in [0.2, 0.25) is 0 Å². The number of carbonyl (C=O) groups is 1. The van der Waals surface area contributed by atoms with Gasteiger partial charge in [0.1, 0.15) is 11.5 Å². The molecule has 8 heteroatoms. The van der Waals surface area contributed by atoms with E-state index < -0.39 is 21.0 Å². The highest BCUT2D eigenvalue weighted by atomic mass is 32.2. The zero-order chi connectivity index (χ0) is 13.6. The first-order valence-corrected chi connectivity index (χ1v) is 6.85. The molecule has 102 valence electrons. The number of hydrogen-bond donors (Lipinski definition) is 0. The molecule has 0 aromatic carbocycles. The lowest BCUT2D eigenvalue weighted by molar-refractivity contribution is -0.125. The Hall–Kier alpha value is -1.05. The third-order valence-electron chi connectivity index (χ3n) is 3.40. The van der Waals surface area contributed by atoms with Crippen LogP contribution < -0.4 is 0 Å². The second kappa shape index (κ2) is 3.97. The summed E-state index contributed by atoms with van der Waals surface area (Å²) in [5.41, 5.74) is -6.61. The molecule has 2 rings (SSSR count). The summed E-state index contributed by atoms with van der Waals surface area (Å²) in [5.74, 6) is -0.578. The van der Waals surface area contributed by atoms with Crippen LogP contribution >= 0.6 is 0 Å². The minimum atomic E-state index is -5.69. The molecule has 0 saturated heterocycles. The van der Waals surface area contributed by atoms with Gasteiger partial charge in [0.25, 0.3) is 0 Å². The maximum absolute atomic E-state index is 12.2. The lowest BCUT2D eigenvalue weighted by Gasteiger charge is -2.24. The Kier molecular flexibility index (Phi) is 2.95. The van der Waals surface area contributed by atoms with Gasteiger partial charge in [-0.2, -0.15) is 21.6 Å². The van der Waals surface area contributed by atoms with E-state index in [2.05, 4.69) is 4.18 Å². The smallest absolute Gasteiger partial charge is 0.380 e. The van der Waals surface area contributed by atoms with Gasteiger partial charge in [-0.3, -0.25) is 4.79 Å². The molecule has 0 heterocycles. The second-order valence-corrected chi connectivity index (χ2v) is 5.99. The fourth-order valence-corrected chi connectivity index (χ4v) is 3.06. The van der Waals surface area contributed by atoms with Crippen molar-refractivity contribution >= 4 is 15.9 Å². The van der Waals surface area contributed by atoms with Crippen molar-refractivity contribution < 1.29 is 30.6 Å². The molecule has 0 aliphatic heterocycles. The van der Waals surface area contributed by atoms with E-state index in [1.54, 1.807) is 0 Å². The maximum Gasteiger partial charge on any atom is 0.534 e. The van der Waals surface area contributed by atoms with Crippen molar-refractivity contribution in [3.05, 3.63) is 11.8 Å². The Balaban J connectivity index is 2.28. The van der Waals surface area contributed by atoms with E-state index in [-0.39, 0.29) is 18.0 Å². The van der Waals surface area contributed by atoms with E-state index in [1.165, 1.54) is 6.08 Å². The van der Waals surface area contributed by atoms with Crippen LogP contribution in [0.2, 0.25) is 0 Å². The minimum Gasteiger partial charge on any atom is -0.380 e. The van der Waals surface area contributed by atoms with Crippen LogP contribution in [0.1, 0.15) is 32.1 Å². The Morgan fingerprint density at radius 2 is 1.94 bits per heavy atom. The molecule has 18 heavy (non-hydrogen) atoms. The Labute approximate surface area is 102 Å². The summed E-state index contributed by atoms with van der Waals surface area (Å²) in [6, 6.07) is 0. The summed E-state index contributed by atoms with van der Waals surface area (Å²) in [6.07, 6.45) is 3.11. The first-order valence-electron chi connectivity index (χ1n) is 5.44. The van der Waals surface area contributed by atoms with Gasteiger partial charge >= 0.3 is 15.6 Å². The molecule has 0 bridgehead atoms. The summed E-state index contributed by atoms with van der Waals surface area (Å²) in [7, 11) is -5.69. The molecular weight excluding hydrogens is 273 g/mol. The first-order chi connectivity index (χ1) is 8.19. The fourth-order valence-electron chi connectivity index (χ4n) is 2.50. The molecule has 1 saturated carbocycles. The molecule has 0 radical (unpaired) electrons. The second-order valence-electron chi connectivity index (χ2n) is 4.45. The van der Waals surface area contributed by atoms with Crippen LogP contribution in [0.25, 0.3) is 0 Å². The quantitative estimate of drug-likeness (QED) is 0.576. The van der Waals surface area contributed by atoms with Gasteiger partial charge in [0.05, 0.1) is 5.41 Å². The van der Waals surface area contributed by atoms with Crippen molar-refractivity contribution in [2.24, 2.45) is 5.41 Å². The molecule has 1 fully saturated rings. The Bertz CT molecular complexity index is 506. The fraction of sp³-hybridized carbons (Fsp3) is 0.700. The van der Waals surface area contributed by atoms with Crippen molar-refractivity contribution in [3.63, 3.8) is 0 Å². The van der Waals surface area contributed by atoms with Gasteiger partial charge in [-0.15, -0.1) is 0 Å². The first kappa shape index (κ1) is 13.4. The van der Waals surface area contributed by atoms with Crippen LogP contribution in [0.5, 0.6) is 0 Å². The molecule has 1 atom stereocenters. The highest BCUT2D eigenvalue weighted by molar-refractivity contribution is 7.87. The lowest BCUT2D eigenvalue weighted by Crippen LogP contribution is -2.32. The molecule has 1 spiro atoms. The third-order valence-corrected chi connectivity index (χ3v) is 4.36. The molecule has 0 N–H and O–H groups in total. The largest absolute Gasteiger partial charge is 0.534 e. The summed E-state index contributed by atoms with van der Waals surface area (Å²) < 4.78 is 62.8. The highest BCUT2D eigenvalue weighted by Crippen LogP contribution is 2.50. The zero-order valence-electron chi connectivity index (χ0n) is 9.29. The van der Waals surface area contributed by atoms with Crippen molar-refractivity contribution in [3.8, 4) is 0 Å². The van der Waals surface area contributed by atoms with Gasteiger partial charge in [-0.05, 0) is 31.8 Å². The Morgan fingerprint density at radius 1 is 1.28 bits per heavy atom. The SMILES string of the molecule is O=C1CCCC12CCC=C2OS(=O)(=O)C(F)(F)F. The van der Waals surface area contributed by atoms with Gasteiger partial charge in [0.15, 0.2) is 0 Å². The summed E-state index contributed by atoms with van der Waals surface area (Å²) in [6.45, 7) is 0. The van der Waals surface area contributed by atoms with Crippen LogP contribution in [0.15, 0.2) is 11.8 Å². The average molecular weight is 284 g/mol. The van der Waals surface area contributed by atoms with Crippen molar-refractivity contribution in [1.29, 1.82) is 0 Å². The van der Waals surface area contributed by atoms with Crippen LogP contribution in [-0.4, -0.2) is 19.7 Å². The molecule has 0 aromatic rings. The maximum atomic E-state index is 12.2. The van der Waals surface area contributed by atoms with Crippen LogP contribution in [0, 0.1) is 5.41 Å². The number of rotatable bonds is 2. The molecule has 4 nitrogen and oxygen atoms in total. The van der Waals surface area contributed by atoms with E-state index in [9.17, 15) is 26.4 Å². The molecular formula is C10H11F3O4S. The predicted octanol–water partition coefficient (Wildman–Crippen LogP) is 2.27. The number of allylic oxidation sites excluding steroid dienone is 2. The topological polar surface area (TPSA) is 60.4 Å². The predicted molar refractivity (Wildman–Crippen MR) is 54.7 cm³/mol. The minimum absolute atomic E-state index is 0.233. The van der Waals surface area contributed by atoms with Crippen LogP contribution in [-0.2, 0) is 19.1 Å². The third kappa shape index (κ3) is 1.92. The van der Waals surface area contributed by atoms with Crippen molar-refractivity contribution in [2.45, 2.75) is 37.6 Å². The van der Waals surface area contributed by atoms with Gasteiger partial charge < -0.3 is 4.18 Å². The number of halogens is 3. The highest BCUT2D eigenvalue weighted by Gasteiger charge is 2.54. The monoisotopic (exact) mass is 284 g/mol. The number of hydrogen-bond acceptors (Lipinski definition) is 4. The zero-order valence-corrected chi connectivity index (χ0v) is 10.1. The van der Waals surface area contributed by atoms with E-state index >= 15 is 0 Å².